The highest BCUT2D eigenvalue weighted by Gasteiger charge is 2.36. The van der Waals surface area contributed by atoms with Crippen molar-refractivity contribution >= 4 is 23.1 Å². The zero-order valence-electron chi connectivity index (χ0n) is 18.2. The highest BCUT2D eigenvalue weighted by Crippen LogP contribution is 2.35. The molecule has 1 aromatic carbocycles. The van der Waals surface area contributed by atoms with Gasteiger partial charge in [-0.2, -0.15) is 13.2 Å². The fourth-order valence-corrected chi connectivity index (χ4v) is 3.33. The number of anilines is 1. The number of benzene rings is 1. The largest absolute Gasteiger partial charge is 0.419 e. The number of piperazine rings is 1. The van der Waals surface area contributed by atoms with Crippen molar-refractivity contribution in [3.63, 3.8) is 0 Å². The summed E-state index contributed by atoms with van der Waals surface area (Å²) in [4.78, 5) is 23.0. The van der Waals surface area contributed by atoms with Gasteiger partial charge in [-0.3, -0.25) is 4.79 Å². The number of carbonyl (C=O) groups is 1. The van der Waals surface area contributed by atoms with Crippen LogP contribution in [0.3, 0.4) is 0 Å². The lowest BCUT2D eigenvalue weighted by molar-refractivity contribution is -0.137. The molecule has 0 bridgehead atoms. The molecule has 0 saturated carbocycles. The smallest absolute Gasteiger partial charge is 0.398 e. The second-order valence-corrected chi connectivity index (χ2v) is 7.55. The molecule has 1 aromatic heterocycles. The molecule has 0 atom stereocenters. The van der Waals surface area contributed by atoms with E-state index in [1.807, 2.05) is 0 Å². The van der Waals surface area contributed by atoms with E-state index >= 15 is 0 Å². The molecule has 0 unspecified atom stereocenters. The molecule has 11 heteroatoms. The minimum atomic E-state index is -4.55. The summed E-state index contributed by atoms with van der Waals surface area (Å²) in [5.41, 5.74) is 5.43. The van der Waals surface area contributed by atoms with Crippen molar-refractivity contribution in [1.82, 2.24) is 9.88 Å². The van der Waals surface area contributed by atoms with Crippen molar-refractivity contribution in [2.45, 2.75) is 13.1 Å². The fourth-order valence-electron chi connectivity index (χ4n) is 3.33. The van der Waals surface area contributed by atoms with E-state index in [1.54, 1.807) is 4.90 Å². The first kappa shape index (κ1) is 24.9. The van der Waals surface area contributed by atoms with Gasteiger partial charge >= 0.3 is 6.18 Å². The van der Waals surface area contributed by atoms with Crippen molar-refractivity contribution in [2.75, 3.05) is 31.1 Å². The molecule has 2 aromatic rings. The van der Waals surface area contributed by atoms with Crippen LogP contribution in [0.25, 0.3) is 5.70 Å². The number of aromatic nitrogens is 1. The number of rotatable bonds is 5. The van der Waals surface area contributed by atoms with Crippen LogP contribution in [0.4, 0.5) is 27.8 Å². The monoisotopic (exact) mass is 479 g/mol. The molecule has 6 nitrogen and oxygen atoms in total. The van der Waals surface area contributed by atoms with Gasteiger partial charge in [0.25, 0.3) is 0 Å². The van der Waals surface area contributed by atoms with Gasteiger partial charge in [-0.25, -0.2) is 18.8 Å². The summed E-state index contributed by atoms with van der Waals surface area (Å²) in [6.07, 6.45) is -1.86. The summed E-state index contributed by atoms with van der Waals surface area (Å²) in [6, 6.07) is 5.35. The number of pyridine rings is 1. The standard InChI is InChI=1S/C23H22F5N5O/c1-14(15(2)34)31-21(13-20(29)16-5-6-18(24)19(25)12-16)32-8-10-33(11-9-32)22-17(23(26,27)28)4-3-7-30-22/h3-7,12-13H,1,8-11,29H2,2H3/b20-13-,31-21?. The van der Waals surface area contributed by atoms with E-state index in [-0.39, 0.29) is 60.6 Å². The van der Waals surface area contributed by atoms with Crippen molar-refractivity contribution in [2.24, 2.45) is 10.7 Å². The Bertz CT molecular complexity index is 1150. The second kappa shape index (κ2) is 10.0. The number of aliphatic imine (C=N–C) groups is 1. The average molecular weight is 479 g/mol. The van der Waals surface area contributed by atoms with Gasteiger partial charge in [0, 0.05) is 56.6 Å². The predicted octanol–water partition coefficient (Wildman–Crippen LogP) is 4.00. The number of nitrogens with zero attached hydrogens (tertiary/aromatic N) is 4. The molecule has 0 aliphatic carbocycles. The number of hydrogen-bond donors (Lipinski definition) is 1. The van der Waals surface area contributed by atoms with Gasteiger partial charge in [-0.1, -0.05) is 6.58 Å². The topological polar surface area (TPSA) is 74.8 Å². The van der Waals surface area contributed by atoms with Crippen LogP contribution < -0.4 is 10.6 Å². The molecule has 0 spiro atoms. The Hall–Kier alpha value is -3.76. The average Bonchev–Trinajstić information content (AvgIpc) is 2.79. The first-order valence-electron chi connectivity index (χ1n) is 10.2. The van der Waals surface area contributed by atoms with Crippen molar-refractivity contribution in [3.05, 3.63) is 77.6 Å². The minimum absolute atomic E-state index is 0.0560. The fraction of sp³-hybridized carbons (Fsp3) is 0.261. The molecule has 1 aliphatic heterocycles. The van der Waals surface area contributed by atoms with Crippen LogP contribution in [0, 0.1) is 11.6 Å². The van der Waals surface area contributed by atoms with Crippen LogP contribution in [-0.2, 0) is 11.0 Å². The normalized spacial score (nSPS) is 15.5. The predicted molar refractivity (Wildman–Crippen MR) is 119 cm³/mol. The number of hydrogen-bond acceptors (Lipinski definition) is 5. The first-order valence-corrected chi connectivity index (χ1v) is 10.2. The zero-order chi connectivity index (χ0) is 25.0. The number of nitrogens with two attached hydrogens (primary N) is 1. The number of ketones is 1. The molecule has 1 saturated heterocycles. The minimum Gasteiger partial charge on any atom is -0.398 e. The molecule has 0 amide bonds. The maximum absolute atomic E-state index is 13.6. The molecule has 3 rings (SSSR count). The summed E-state index contributed by atoms with van der Waals surface area (Å²) in [5, 5.41) is 0. The quantitative estimate of drug-likeness (QED) is 0.304. The summed E-state index contributed by atoms with van der Waals surface area (Å²) in [6.45, 7) is 5.73. The van der Waals surface area contributed by atoms with Gasteiger partial charge in [0.2, 0.25) is 0 Å². The van der Waals surface area contributed by atoms with E-state index in [1.165, 1.54) is 36.2 Å². The van der Waals surface area contributed by atoms with Gasteiger partial charge in [0.15, 0.2) is 17.4 Å². The third-order valence-corrected chi connectivity index (χ3v) is 5.19. The van der Waals surface area contributed by atoms with Gasteiger partial charge in [0.1, 0.15) is 17.4 Å². The van der Waals surface area contributed by atoms with Crippen LogP contribution in [-0.4, -0.2) is 47.7 Å². The lowest BCUT2D eigenvalue weighted by Gasteiger charge is -2.37. The number of amidine groups is 1. The summed E-state index contributed by atoms with van der Waals surface area (Å²) in [7, 11) is 0. The molecule has 2 heterocycles. The second-order valence-electron chi connectivity index (χ2n) is 7.55. The number of Topliss-reactive ketones (excluding diaryl/α,β-unsaturated/α-hetero) is 1. The van der Waals surface area contributed by atoms with Gasteiger partial charge in [0.05, 0.1) is 5.56 Å². The van der Waals surface area contributed by atoms with E-state index in [0.29, 0.717) is 0 Å². The molecular weight excluding hydrogens is 457 g/mol. The van der Waals surface area contributed by atoms with Crippen LogP contribution in [0.2, 0.25) is 0 Å². The lowest BCUT2D eigenvalue weighted by Crippen LogP contribution is -2.49. The van der Waals surface area contributed by atoms with E-state index < -0.39 is 23.4 Å². The maximum atomic E-state index is 13.6. The number of halogens is 5. The van der Waals surface area contributed by atoms with Gasteiger partial charge in [-0.15, -0.1) is 0 Å². The molecule has 0 radical (unpaired) electrons. The Balaban J connectivity index is 1.86. The van der Waals surface area contributed by atoms with Crippen LogP contribution in [0.1, 0.15) is 18.1 Å². The summed E-state index contributed by atoms with van der Waals surface area (Å²) < 4.78 is 67.0. The Kier molecular flexibility index (Phi) is 7.33. The molecule has 1 aliphatic rings. The maximum Gasteiger partial charge on any atom is 0.419 e. The Labute approximate surface area is 192 Å². The van der Waals surface area contributed by atoms with E-state index in [9.17, 15) is 26.7 Å². The third-order valence-electron chi connectivity index (χ3n) is 5.19. The first-order chi connectivity index (χ1) is 16.0. The summed E-state index contributed by atoms with van der Waals surface area (Å²) in [5.74, 6) is -2.44. The molecule has 180 valence electrons. The summed E-state index contributed by atoms with van der Waals surface area (Å²) >= 11 is 0. The van der Waals surface area contributed by atoms with Crippen LogP contribution in [0.15, 0.2) is 59.9 Å². The number of carbonyl (C=O) groups excluding carboxylic acids is 1. The Morgan fingerprint density at radius 1 is 1.15 bits per heavy atom. The Morgan fingerprint density at radius 2 is 1.82 bits per heavy atom. The van der Waals surface area contributed by atoms with Crippen molar-refractivity contribution in [1.29, 1.82) is 0 Å². The molecular formula is C23H22F5N5O. The zero-order valence-corrected chi connectivity index (χ0v) is 18.2. The van der Waals surface area contributed by atoms with Crippen LogP contribution in [0.5, 0.6) is 0 Å². The molecule has 1 fully saturated rings. The molecule has 2 N–H and O–H groups in total. The molecule has 34 heavy (non-hydrogen) atoms. The highest BCUT2D eigenvalue weighted by atomic mass is 19.4. The van der Waals surface area contributed by atoms with Crippen molar-refractivity contribution < 1.29 is 26.7 Å². The Morgan fingerprint density at radius 3 is 2.41 bits per heavy atom. The van der Waals surface area contributed by atoms with E-state index in [4.69, 9.17) is 5.73 Å². The number of alkyl halides is 3. The third kappa shape index (κ3) is 5.77. The van der Waals surface area contributed by atoms with E-state index in [0.717, 1.165) is 18.2 Å². The van der Waals surface area contributed by atoms with Crippen molar-refractivity contribution in [3.8, 4) is 0 Å². The SMILES string of the molecule is C=C(N=C(/C=C(\N)c1ccc(F)c(F)c1)N1CCN(c2ncccc2C(F)(F)F)CC1)C(C)=O. The highest BCUT2D eigenvalue weighted by molar-refractivity contribution is 6.03. The van der Waals surface area contributed by atoms with Gasteiger partial charge in [-0.05, 0) is 30.3 Å². The van der Waals surface area contributed by atoms with Gasteiger partial charge < -0.3 is 15.5 Å². The van der Waals surface area contributed by atoms with E-state index in [2.05, 4.69) is 16.6 Å². The van der Waals surface area contributed by atoms with Crippen LogP contribution >= 0.6 is 0 Å². The lowest BCUT2D eigenvalue weighted by atomic mass is 10.1. The number of allylic oxidation sites excluding steroid dienone is 1.